The average molecular weight is 276 g/mol. The van der Waals surface area contributed by atoms with E-state index in [-0.39, 0.29) is 5.69 Å². The topological polar surface area (TPSA) is 70.5 Å². The number of aryl methyl sites for hydroxylation is 1. The summed E-state index contributed by atoms with van der Waals surface area (Å²) >= 11 is 0. The number of benzene rings is 1. The van der Waals surface area contributed by atoms with Gasteiger partial charge in [-0.05, 0) is 13.8 Å². The predicted molar refractivity (Wildman–Crippen MR) is 73.3 cm³/mol. The molecule has 0 atom stereocenters. The molecule has 0 saturated carbocycles. The molecule has 6 heteroatoms. The second-order valence-corrected chi connectivity index (χ2v) is 4.07. The Bertz CT molecular complexity index is 655. The predicted octanol–water partition coefficient (Wildman–Crippen LogP) is 2.13. The molecule has 0 fully saturated rings. The van der Waals surface area contributed by atoms with Gasteiger partial charge in [-0.15, -0.1) is 0 Å². The summed E-state index contributed by atoms with van der Waals surface area (Å²) < 4.78 is 15.4. The average Bonchev–Trinajstić information content (AvgIpc) is 2.45. The quantitative estimate of drug-likeness (QED) is 0.797. The van der Waals surface area contributed by atoms with Crippen LogP contribution in [0.3, 0.4) is 0 Å². The molecule has 6 nitrogen and oxygen atoms in total. The minimum absolute atomic E-state index is 0.214. The third kappa shape index (κ3) is 2.49. The van der Waals surface area contributed by atoms with Crippen molar-refractivity contribution in [3.8, 4) is 11.5 Å². The van der Waals surface area contributed by atoms with E-state index in [0.29, 0.717) is 34.8 Å². The number of methoxy groups -OCH3 is 2. The standard InChI is InChI=1S/C14H16N2O4/c1-5-20-14(17)13-8(2)15-9-6-11(18-3)12(19-4)7-10(9)16-13/h6-7H,5H2,1-4H3. The van der Waals surface area contributed by atoms with Gasteiger partial charge >= 0.3 is 5.97 Å². The Hall–Kier alpha value is -2.37. The number of rotatable bonds is 4. The number of carbonyl (C=O) groups excluding carboxylic acids is 1. The Labute approximate surface area is 116 Å². The number of hydrogen-bond donors (Lipinski definition) is 0. The molecule has 2 rings (SSSR count). The number of esters is 1. The van der Waals surface area contributed by atoms with Crippen LogP contribution >= 0.6 is 0 Å². The van der Waals surface area contributed by atoms with Crippen LogP contribution in [-0.2, 0) is 4.74 Å². The van der Waals surface area contributed by atoms with Crippen LogP contribution in [0.25, 0.3) is 11.0 Å². The highest BCUT2D eigenvalue weighted by Gasteiger charge is 2.16. The van der Waals surface area contributed by atoms with Crippen LogP contribution in [-0.4, -0.2) is 36.8 Å². The molecule has 106 valence electrons. The Morgan fingerprint density at radius 3 is 2.15 bits per heavy atom. The lowest BCUT2D eigenvalue weighted by Crippen LogP contribution is -2.11. The second kappa shape index (κ2) is 5.73. The summed E-state index contributed by atoms with van der Waals surface area (Å²) in [4.78, 5) is 20.5. The molecule has 2 aromatic rings. The first-order valence-corrected chi connectivity index (χ1v) is 6.18. The van der Waals surface area contributed by atoms with Gasteiger partial charge in [-0.1, -0.05) is 0 Å². The second-order valence-electron chi connectivity index (χ2n) is 4.07. The summed E-state index contributed by atoms with van der Waals surface area (Å²) in [5, 5.41) is 0. The van der Waals surface area contributed by atoms with Crippen LogP contribution in [0.1, 0.15) is 23.1 Å². The molecule has 1 heterocycles. The van der Waals surface area contributed by atoms with Crippen molar-refractivity contribution in [2.45, 2.75) is 13.8 Å². The Balaban J connectivity index is 2.60. The minimum atomic E-state index is -0.478. The molecular weight excluding hydrogens is 260 g/mol. The van der Waals surface area contributed by atoms with Gasteiger partial charge in [-0.3, -0.25) is 0 Å². The van der Waals surface area contributed by atoms with Gasteiger partial charge in [0.25, 0.3) is 0 Å². The van der Waals surface area contributed by atoms with E-state index in [1.54, 1.807) is 33.1 Å². The van der Waals surface area contributed by atoms with Gasteiger partial charge in [0.15, 0.2) is 17.2 Å². The van der Waals surface area contributed by atoms with Crippen LogP contribution in [0.4, 0.5) is 0 Å². The number of hydrogen-bond acceptors (Lipinski definition) is 6. The van der Waals surface area contributed by atoms with Crippen molar-refractivity contribution < 1.29 is 19.0 Å². The fourth-order valence-corrected chi connectivity index (χ4v) is 1.86. The zero-order valence-electron chi connectivity index (χ0n) is 11.9. The molecule has 0 aliphatic rings. The van der Waals surface area contributed by atoms with Gasteiger partial charge in [-0.25, -0.2) is 14.8 Å². The van der Waals surface area contributed by atoms with Crippen LogP contribution in [0.2, 0.25) is 0 Å². The van der Waals surface area contributed by atoms with Crippen molar-refractivity contribution in [3.63, 3.8) is 0 Å². The summed E-state index contributed by atoms with van der Waals surface area (Å²) in [6.45, 7) is 3.76. The van der Waals surface area contributed by atoms with E-state index in [0.717, 1.165) is 0 Å². The van der Waals surface area contributed by atoms with Crippen molar-refractivity contribution in [2.75, 3.05) is 20.8 Å². The first-order valence-electron chi connectivity index (χ1n) is 6.18. The van der Waals surface area contributed by atoms with E-state index in [1.165, 1.54) is 7.11 Å². The number of nitrogens with zero attached hydrogens (tertiary/aromatic N) is 2. The largest absolute Gasteiger partial charge is 0.493 e. The van der Waals surface area contributed by atoms with E-state index in [9.17, 15) is 4.79 Å². The molecule has 1 aromatic heterocycles. The van der Waals surface area contributed by atoms with Gasteiger partial charge in [0.2, 0.25) is 0 Å². The molecule has 0 N–H and O–H groups in total. The highest BCUT2D eigenvalue weighted by Crippen LogP contribution is 2.30. The summed E-state index contributed by atoms with van der Waals surface area (Å²) in [5.41, 5.74) is 1.92. The van der Waals surface area contributed by atoms with E-state index in [4.69, 9.17) is 14.2 Å². The summed E-state index contributed by atoms with van der Waals surface area (Å²) in [6, 6.07) is 3.41. The Morgan fingerprint density at radius 1 is 1.10 bits per heavy atom. The molecule has 0 amide bonds. The molecule has 0 unspecified atom stereocenters. The van der Waals surface area contributed by atoms with Gasteiger partial charge in [-0.2, -0.15) is 0 Å². The molecule has 0 aliphatic carbocycles. The lowest BCUT2D eigenvalue weighted by atomic mass is 10.2. The number of ether oxygens (including phenoxy) is 3. The van der Waals surface area contributed by atoms with Crippen molar-refractivity contribution in [1.82, 2.24) is 9.97 Å². The number of carbonyl (C=O) groups is 1. The molecular formula is C14H16N2O4. The normalized spacial score (nSPS) is 10.4. The highest BCUT2D eigenvalue weighted by molar-refractivity contribution is 5.91. The number of aromatic nitrogens is 2. The monoisotopic (exact) mass is 276 g/mol. The molecule has 1 aromatic carbocycles. The molecule has 0 saturated heterocycles. The maximum absolute atomic E-state index is 11.8. The van der Waals surface area contributed by atoms with Crippen molar-refractivity contribution in [1.29, 1.82) is 0 Å². The van der Waals surface area contributed by atoms with Crippen molar-refractivity contribution >= 4 is 17.0 Å². The maximum atomic E-state index is 11.8. The Kier molecular flexibility index (Phi) is 4.02. The lowest BCUT2D eigenvalue weighted by molar-refractivity contribution is 0.0518. The minimum Gasteiger partial charge on any atom is -0.493 e. The van der Waals surface area contributed by atoms with E-state index in [2.05, 4.69) is 9.97 Å². The SMILES string of the molecule is CCOC(=O)c1nc2cc(OC)c(OC)cc2nc1C. The van der Waals surface area contributed by atoms with Gasteiger partial charge < -0.3 is 14.2 Å². The van der Waals surface area contributed by atoms with Gasteiger partial charge in [0, 0.05) is 12.1 Å². The van der Waals surface area contributed by atoms with E-state index in [1.807, 2.05) is 0 Å². The zero-order valence-corrected chi connectivity index (χ0v) is 11.9. The van der Waals surface area contributed by atoms with E-state index >= 15 is 0 Å². The van der Waals surface area contributed by atoms with E-state index < -0.39 is 5.97 Å². The molecule has 0 spiro atoms. The first kappa shape index (κ1) is 14.0. The van der Waals surface area contributed by atoms with Gasteiger partial charge in [0.1, 0.15) is 0 Å². The molecule has 0 aliphatic heterocycles. The first-order chi connectivity index (χ1) is 9.60. The molecule has 0 radical (unpaired) electrons. The maximum Gasteiger partial charge on any atom is 0.358 e. The summed E-state index contributed by atoms with van der Waals surface area (Å²) in [6.07, 6.45) is 0. The summed E-state index contributed by atoms with van der Waals surface area (Å²) in [5.74, 6) is 0.625. The molecule has 0 bridgehead atoms. The van der Waals surface area contributed by atoms with Crippen LogP contribution < -0.4 is 9.47 Å². The smallest absolute Gasteiger partial charge is 0.358 e. The third-order valence-corrected chi connectivity index (χ3v) is 2.81. The van der Waals surface area contributed by atoms with Crippen molar-refractivity contribution in [2.24, 2.45) is 0 Å². The third-order valence-electron chi connectivity index (χ3n) is 2.81. The summed E-state index contributed by atoms with van der Waals surface area (Å²) in [7, 11) is 3.09. The zero-order chi connectivity index (χ0) is 14.7. The van der Waals surface area contributed by atoms with Crippen LogP contribution in [0.15, 0.2) is 12.1 Å². The molecule has 20 heavy (non-hydrogen) atoms. The van der Waals surface area contributed by atoms with Crippen molar-refractivity contribution in [3.05, 3.63) is 23.5 Å². The fraction of sp³-hybridized carbons (Fsp3) is 0.357. The fourth-order valence-electron chi connectivity index (χ4n) is 1.86. The van der Waals surface area contributed by atoms with Gasteiger partial charge in [0.05, 0.1) is 37.6 Å². The van der Waals surface area contributed by atoms with Crippen LogP contribution in [0, 0.1) is 6.92 Å². The lowest BCUT2D eigenvalue weighted by Gasteiger charge is -2.10. The Morgan fingerprint density at radius 2 is 1.65 bits per heavy atom. The number of fused-ring (bicyclic) bond motifs is 1. The highest BCUT2D eigenvalue weighted by atomic mass is 16.5. The van der Waals surface area contributed by atoms with Crippen LogP contribution in [0.5, 0.6) is 11.5 Å².